The Hall–Kier alpha value is -3.01. The number of ether oxygens (including phenoxy) is 1. The summed E-state index contributed by atoms with van der Waals surface area (Å²) in [5, 5.41) is 4.69. The van der Waals surface area contributed by atoms with Gasteiger partial charge in [0.05, 0.1) is 13.7 Å². The Morgan fingerprint density at radius 3 is 2.74 bits per heavy atom. The number of methoxy groups -OCH3 is 1. The van der Waals surface area contributed by atoms with Crippen LogP contribution < -0.4 is 15.4 Å². The van der Waals surface area contributed by atoms with Crippen molar-refractivity contribution in [3.05, 3.63) is 29.3 Å². The first-order valence-electron chi connectivity index (χ1n) is 7.03. The molecule has 7 nitrogen and oxygen atoms in total. The number of imide groups is 1. The van der Waals surface area contributed by atoms with Crippen molar-refractivity contribution >= 4 is 17.8 Å². The van der Waals surface area contributed by atoms with Gasteiger partial charge in [-0.3, -0.25) is 14.9 Å². The van der Waals surface area contributed by atoms with Crippen molar-refractivity contribution in [1.82, 2.24) is 15.5 Å². The predicted octanol–water partition coefficient (Wildman–Crippen LogP) is 0.253. The van der Waals surface area contributed by atoms with Crippen molar-refractivity contribution in [3.8, 4) is 17.6 Å². The number of amides is 4. The fraction of sp³-hybridized carbons (Fsp3) is 0.312. The first-order chi connectivity index (χ1) is 11.0. The minimum atomic E-state index is -1.41. The van der Waals surface area contributed by atoms with Gasteiger partial charge in [0.2, 0.25) is 0 Å². The maximum Gasteiger partial charge on any atom is 0.323 e. The Labute approximate surface area is 133 Å². The summed E-state index contributed by atoms with van der Waals surface area (Å²) >= 11 is 0. The first-order valence-corrected chi connectivity index (χ1v) is 7.03. The molecule has 118 valence electrons. The molecule has 0 aromatic heterocycles. The highest BCUT2D eigenvalue weighted by atomic mass is 16.5. The summed E-state index contributed by atoms with van der Waals surface area (Å²) in [6, 6.07) is 4.66. The Morgan fingerprint density at radius 2 is 2.13 bits per heavy atom. The molecule has 1 fully saturated rings. The van der Waals surface area contributed by atoms with Crippen molar-refractivity contribution in [3.63, 3.8) is 0 Å². The molecule has 2 N–H and O–H groups in total. The van der Waals surface area contributed by atoms with Crippen LogP contribution in [0.15, 0.2) is 18.2 Å². The number of nitrogens with one attached hydrogen (secondary N) is 2. The molecule has 0 saturated carbocycles. The maximum atomic E-state index is 12.6. The number of nitrogens with zero attached hydrogens (tertiary/aromatic N) is 1. The van der Waals surface area contributed by atoms with E-state index in [1.165, 1.54) is 12.0 Å². The topological polar surface area (TPSA) is 87.7 Å². The number of benzene rings is 1. The van der Waals surface area contributed by atoms with Crippen LogP contribution >= 0.6 is 0 Å². The summed E-state index contributed by atoms with van der Waals surface area (Å²) < 4.78 is 5.13. The largest absolute Gasteiger partial charge is 0.497 e. The fourth-order valence-corrected chi connectivity index (χ4v) is 2.83. The second kappa shape index (κ2) is 5.32. The van der Waals surface area contributed by atoms with Gasteiger partial charge in [0.1, 0.15) is 5.75 Å². The average Bonchev–Trinajstić information content (AvgIpc) is 2.97. The second-order valence-electron chi connectivity index (χ2n) is 5.37. The Bertz CT molecular complexity index is 777. The lowest BCUT2D eigenvalue weighted by Crippen LogP contribution is -2.54. The zero-order chi connectivity index (χ0) is 16.6. The highest BCUT2D eigenvalue weighted by molar-refractivity contribution is 6.10. The summed E-state index contributed by atoms with van der Waals surface area (Å²) in [4.78, 5) is 37.6. The molecule has 7 heteroatoms. The second-order valence-corrected chi connectivity index (χ2v) is 5.37. The summed E-state index contributed by atoms with van der Waals surface area (Å²) in [5.74, 6) is 5.20. The lowest BCUT2D eigenvalue weighted by molar-refractivity contribution is -0.122. The lowest BCUT2D eigenvalue weighted by Gasteiger charge is -2.26. The predicted molar refractivity (Wildman–Crippen MR) is 80.6 cm³/mol. The van der Waals surface area contributed by atoms with E-state index >= 15 is 0 Å². The zero-order valence-corrected chi connectivity index (χ0v) is 12.7. The van der Waals surface area contributed by atoms with Crippen molar-refractivity contribution in [2.45, 2.75) is 19.0 Å². The van der Waals surface area contributed by atoms with Crippen molar-refractivity contribution in [2.24, 2.45) is 0 Å². The van der Waals surface area contributed by atoms with Gasteiger partial charge in [-0.25, -0.2) is 4.79 Å². The molecule has 0 radical (unpaired) electrons. The number of urea groups is 1. The molecule has 3 rings (SSSR count). The van der Waals surface area contributed by atoms with Crippen LogP contribution in [0.2, 0.25) is 0 Å². The van der Waals surface area contributed by atoms with Crippen LogP contribution in [0.3, 0.4) is 0 Å². The van der Waals surface area contributed by atoms with E-state index in [-0.39, 0.29) is 12.5 Å². The van der Waals surface area contributed by atoms with E-state index < -0.39 is 17.5 Å². The third-order valence-electron chi connectivity index (χ3n) is 3.90. The Kier molecular flexibility index (Phi) is 3.45. The number of hydrogen-bond acceptors (Lipinski definition) is 4. The van der Waals surface area contributed by atoms with Gasteiger partial charge in [0.15, 0.2) is 5.54 Å². The molecule has 0 aliphatic carbocycles. The summed E-state index contributed by atoms with van der Waals surface area (Å²) in [6.45, 7) is 1.92. The minimum Gasteiger partial charge on any atom is -0.497 e. The highest BCUT2D eigenvalue weighted by Gasteiger charge is 2.48. The zero-order valence-electron chi connectivity index (χ0n) is 12.7. The normalized spacial score (nSPS) is 22.2. The Morgan fingerprint density at radius 1 is 1.35 bits per heavy atom. The van der Waals surface area contributed by atoms with Gasteiger partial charge in [-0.15, -0.1) is 5.92 Å². The van der Waals surface area contributed by atoms with Gasteiger partial charge in [-0.1, -0.05) is 12.0 Å². The number of hydrogen-bond donors (Lipinski definition) is 2. The van der Waals surface area contributed by atoms with E-state index in [1.807, 2.05) is 6.07 Å². The molecular formula is C16H15N3O4. The van der Waals surface area contributed by atoms with Gasteiger partial charge < -0.3 is 15.0 Å². The van der Waals surface area contributed by atoms with Crippen LogP contribution in [0.4, 0.5) is 4.79 Å². The Balaban J connectivity index is 1.89. The molecule has 0 bridgehead atoms. The molecule has 1 atom stereocenters. The standard InChI is InChI=1S/C16H15N3O4/c1-3-6-16(14(21)17-15(22)18-16)9-19-8-10-4-5-11(23-2)7-12(10)13(19)20/h4-5,7H,8-9H2,1-2H3,(H2,17,18,21,22)/t16-/m1/s1. The van der Waals surface area contributed by atoms with Gasteiger partial charge in [0.25, 0.3) is 11.8 Å². The van der Waals surface area contributed by atoms with E-state index in [0.717, 1.165) is 5.56 Å². The molecule has 0 unspecified atom stereocenters. The molecule has 4 amide bonds. The molecule has 0 spiro atoms. The fourth-order valence-electron chi connectivity index (χ4n) is 2.83. The molecule has 2 aliphatic rings. The van der Waals surface area contributed by atoms with Gasteiger partial charge in [-0.2, -0.15) is 0 Å². The molecular weight excluding hydrogens is 298 g/mol. The molecule has 1 saturated heterocycles. The number of fused-ring (bicyclic) bond motifs is 1. The SMILES string of the molecule is CC#C[C@]1(CN2Cc3ccc(OC)cc3C2=O)NC(=O)NC1=O. The van der Waals surface area contributed by atoms with Crippen LogP contribution in [-0.2, 0) is 11.3 Å². The summed E-state index contributed by atoms with van der Waals surface area (Å²) in [6.07, 6.45) is 0. The van der Waals surface area contributed by atoms with Gasteiger partial charge >= 0.3 is 6.03 Å². The molecule has 1 aromatic rings. The number of rotatable bonds is 3. The van der Waals surface area contributed by atoms with E-state index in [9.17, 15) is 14.4 Å². The van der Waals surface area contributed by atoms with E-state index in [1.54, 1.807) is 19.1 Å². The van der Waals surface area contributed by atoms with E-state index in [2.05, 4.69) is 22.5 Å². The van der Waals surface area contributed by atoms with E-state index in [4.69, 9.17) is 4.74 Å². The number of carbonyl (C=O) groups is 3. The third kappa shape index (κ3) is 2.38. The van der Waals surface area contributed by atoms with Crippen molar-refractivity contribution < 1.29 is 19.1 Å². The van der Waals surface area contributed by atoms with Crippen molar-refractivity contribution in [2.75, 3.05) is 13.7 Å². The molecule has 23 heavy (non-hydrogen) atoms. The maximum absolute atomic E-state index is 12.6. The van der Waals surface area contributed by atoms with Crippen LogP contribution in [0, 0.1) is 11.8 Å². The minimum absolute atomic E-state index is 0.0127. The van der Waals surface area contributed by atoms with Crippen LogP contribution in [0.25, 0.3) is 0 Å². The van der Waals surface area contributed by atoms with Crippen LogP contribution in [0.5, 0.6) is 5.75 Å². The monoisotopic (exact) mass is 313 g/mol. The highest BCUT2D eigenvalue weighted by Crippen LogP contribution is 2.28. The van der Waals surface area contributed by atoms with Crippen molar-refractivity contribution in [1.29, 1.82) is 0 Å². The lowest BCUT2D eigenvalue weighted by atomic mass is 10.00. The first kappa shape index (κ1) is 14.9. The van der Waals surface area contributed by atoms with Gasteiger partial charge in [0, 0.05) is 12.1 Å². The van der Waals surface area contributed by atoms with Crippen LogP contribution in [-0.4, -0.2) is 41.9 Å². The average molecular weight is 313 g/mol. The molecule has 1 aromatic carbocycles. The smallest absolute Gasteiger partial charge is 0.323 e. The third-order valence-corrected chi connectivity index (χ3v) is 3.90. The van der Waals surface area contributed by atoms with E-state index in [0.29, 0.717) is 17.9 Å². The quantitative estimate of drug-likeness (QED) is 0.619. The number of carbonyl (C=O) groups excluding carboxylic acids is 3. The molecule has 2 aliphatic heterocycles. The molecule has 2 heterocycles. The van der Waals surface area contributed by atoms with Gasteiger partial charge in [-0.05, 0) is 24.6 Å². The summed E-state index contributed by atoms with van der Waals surface area (Å²) in [7, 11) is 1.53. The van der Waals surface area contributed by atoms with Crippen LogP contribution in [0.1, 0.15) is 22.8 Å². The summed E-state index contributed by atoms with van der Waals surface area (Å²) in [5.41, 5.74) is -0.0259.